The Morgan fingerprint density at radius 1 is 1.12 bits per heavy atom. The summed E-state index contributed by atoms with van der Waals surface area (Å²) in [5.74, 6) is 0.134. The molecule has 0 aliphatic carbocycles. The maximum Gasteiger partial charge on any atom is 0.255 e. The van der Waals surface area contributed by atoms with Gasteiger partial charge in [-0.2, -0.15) is 5.10 Å². The van der Waals surface area contributed by atoms with Gasteiger partial charge in [0.2, 0.25) is 11.8 Å². The Labute approximate surface area is 193 Å². The molecule has 176 valence electrons. The van der Waals surface area contributed by atoms with Gasteiger partial charge < -0.3 is 20.3 Å². The van der Waals surface area contributed by atoms with Gasteiger partial charge in [-0.3, -0.25) is 19.1 Å². The molecule has 0 saturated carbocycles. The van der Waals surface area contributed by atoms with Crippen LogP contribution >= 0.6 is 0 Å². The van der Waals surface area contributed by atoms with Crippen LogP contribution in [-0.2, 0) is 22.6 Å². The molecule has 1 aromatic carbocycles. The Morgan fingerprint density at radius 3 is 2.88 bits per heavy atom. The van der Waals surface area contributed by atoms with Crippen molar-refractivity contribution in [1.29, 1.82) is 0 Å². The summed E-state index contributed by atoms with van der Waals surface area (Å²) in [4.78, 5) is 40.2. The molecule has 1 atom stereocenters. The summed E-state index contributed by atoms with van der Waals surface area (Å²) in [6, 6.07) is 7.40. The van der Waals surface area contributed by atoms with Crippen LogP contribution in [0.15, 0.2) is 30.5 Å². The Kier molecular flexibility index (Phi) is 7.26. The van der Waals surface area contributed by atoms with Crippen molar-refractivity contribution in [3.05, 3.63) is 47.3 Å². The molecule has 2 aliphatic heterocycles. The van der Waals surface area contributed by atoms with E-state index in [0.29, 0.717) is 56.8 Å². The lowest BCUT2D eigenvalue weighted by molar-refractivity contribution is -0.136. The quantitative estimate of drug-likeness (QED) is 0.677. The lowest BCUT2D eigenvalue weighted by Gasteiger charge is -2.30. The van der Waals surface area contributed by atoms with Crippen molar-refractivity contribution >= 4 is 17.7 Å². The molecule has 2 N–H and O–H groups in total. The van der Waals surface area contributed by atoms with Crippen molar-refractivity contribution < 1.29 is 19.1 Å². The fourth-order valence-electron chi connectivity index (χ4n) is 4.39. The molecule has 2 aliphatic rings. The van der Waals surface area contributed by atoms with E-state index in [2.05, 4.69) is 15.7 Å². The fraction of sp³-hybridized carbons (Fsp3) is 0.500. The Balaban J connectivity index is 1.46. The van der Waals surface area contributed by atoms with Gasteiger partial charge >= 0.3 is 0 Å². The van der Waals surface area contributed by atoms with Gasteiger partial charge in [-0.15, -0.1) is 0 Å². The lowest BCUT2D eigenvalue weighted by Crippen LogP contribution is -2.44. The van der Waals surface area contributed by atoms with Gasteiger partial charge in [0.25, 0.3) is 5.91 Å². The summed E-state index contributed by atoms with van der Waals surface area (Å²) in [6.07, 6.45) is 4.07. The minimum Gasteiger partial charge on any atom is -0.491 e. The minimum absolute atomic E-state index is 0.0687. The molecule has 3 heterocycles. The number of ether oxygens (including phenoxy) is 1. The molecule has 0 radical (unpaired) electrons. The van der Waals surface area contributed by atoms with Crippen LogP contribution in [0.25, 0.3) is 0 Å². The standard InChI is InChI=1S/C24H31N5O4/c1-17-4-5-21-20(15-17)23(31)26-9-13-28(11-2-3-22(30)25-10-14-33-21)24(32)18-7-12-29-19(16-18)6-8-27-29/h4-6,8,15,18H,2-3,7,9-14,16H2,1H3,(H,25,30)(H,26,31). The van der Waals surface area contributed by atoms with E-state index in [1.807, 2.05) is 23.7 Å². The Hall–Kier alpha value is -3.36. The third-order valence-electron chi connectivity index (χ3n) is 6.17. The number of benzene rings is 1. The van der Waals surface area contributed by atoms with Crippen LogP contribution in [0, 0.1) is 12.8 Å². The molecule has 9 nitrogen and oxygen atoms in total. The first-order valence-electron chi connectivity index (χ1n) is 11.6. The number of carbonyl (C=O) groups is 3. The minimum atomic E-state index is -0.235. The summed E-state index contributed by atoms with van der Waals surface area (Å²) >= 11 is 0. The number of aryl methyl sites for hydroxylation is 2. The molecule has 0 fully saturated rings. The first kappa shape index (κ1) is 22.8. The zero-order chi connectivity index (χ0) is 23.2. The maximum absolute atomic E-state index is 13.3. The number of amides is 3. The second-order valence-electron chi connectivity index (χ2n) is 8.62. The Bertz CT molecular complexity index is 1020. The highest BCUT2D eigenvalue weighted by molar-refractivity contribution is 5.97. The van der Waals surface area contributed by atoms with Crippen LogP contribution < -0.4 is 15.4 Å². The lowest BCUT2D eigenvalue weighted by atomic mass is 9.94. The summed E-state index contributed by atoms with van der Waals surface area (Å²) in [6.45, 7) is 4.47. The molecule has 0 bridgehead atoms. The molecule has 3 amide bonds. The number of nitrogens with zero attached hydrogens (tertiary/aromatic N) is 3. The second-order valence-corrected chi connectivity index (χ2v) is 8.62. The van der Waals surface area contributed by atoms with Gasteiger partial charge in [0.1, 0.15) is 12.4 Å². The van der Waals surface area contributed by atoms with Crippen molar-refractivity contribution in [2.45, 2.75) is 39.2 Å². The van der Waals surface area contributed by atoms with Crippen LogP contribution in [0.3, 0.4) is 0 Å². The third-order valence-corrected chi connectivity index (χ3v) is 6.17. The van der Waals surface area contributed by atoms with Crippen molar-refractivity contribution in [1.82, 2.24) is 25.3 Å². The zero-order valence-electron chi connectivity index (χ0n) is 19.0. The van der Waals surface area contributed by atoms with E-state index in [1.54, 1.807) is 23.2 Å². The molecule has 0 saturated heterocycles. The van der Waals surface area contributed by atoms with E-state index in [1.165, 1.54) is 0 Å². The largest absolute Gasteiger partial charge is 0.491 e. The first-order chi connectivity index (χ1) is 16.0. The average Bonchev–Trinajstić information content (AvgIpc) is 3.28. The fourth-order valence-corrected chi connectivity index (χ4v) is 4.39. The number of carbonyl (C=O) groups excluding carboxylic acids is 3. The van der Waals surface area contributed by atoms with E-state index >= 15 is 0 Å². The molecule has 1 unspecified atom stereocenters. The SMILES string of the molecule is Cc1ccc2c(c1)C(=O)NCCN(C(=O)C1CCn3nccc3C1)CCCC(=O)NCCO2. The van der Waals surface area contributed by atoms with Crippen molar-refractivity contribution in [3.8, 4) is 5.75 Å². The van der Waals surface area contributed by atoms with Gasteiger partial charge in [0, 0.05) is 56.8 Å². The predicted octanol–water partition coefficient (Wildman–Crippen LogP) is 1.30. The van der Waals surface area contributed by atoms with Gasteiger partial charge in [0.05, 0.1) is 12.1 Å². The van der Waals surface area contributed by atoms with Gasteiger partial charge in [0.15, 0.2) is 0 Å². The summed E-state index contributed by atoms with van der Waals surface area (Å²) in [5, 5.41) is 10.1. The van der Waals surface area contributed by atoms with Crippen LogP contribution in [0.2, 0.25) is 0 Å². The Morgan fingerprint density at radius 2 is 2.00 bits per heavy atom. The van der Waals surface area contributed by atoms with Crippen molar-refractivity contribution in [2.75, 3.05) is 32.8 Å². The van der Waals surface area contributed by atoms with Gasteiger partial charge in [-0.1, -0.05) is 11.6 Å². The molecule has 2 aromatic rings. The highest BCUT2D eigenvalue weighted by Gasteiger charge is 2.29. The normalized spacial score (nSPS) is 20.3. The topological polar surface area (TPSA) is 106 Å². The van der Waals surface area contributed by atoms with Crippen LogP contribution in [0.5, 0.6) is 5.75 Å². The molecule has 1 aromatic heterocycles. The van der Waals surface area contributed by atoms with E-state index in [0.717, 1.165) is 24.2 Å². The smallest absolute Gasteiger partial charge is 0.255 e. The number of fused-ring (bicyclic) bond motifs is 2. The molecular weight excluding hydrogens is 422 g/mol. The maximum atomic E-state index is 13.3. The third kappa shape index (κ3) is 5.71. The average molecular weight is 454 g/mol. The number of aromatic nitrogens is 2. The number of rotatable bonds is 1. The molecule has 4 rings (SSSR count). The number of hydrogen-bond donors (Lipinski definition) is 2. The first-order valence-corrected chi connectivity index (χ1v) is 11.6. The van der Waals surface area contributed by atoms with E-state index in [4.69, 9.17) is 4.74 Å². The van der Waals surface area contributed by atoms with E-state index < -0.39 is 0 Å². The molecule has 9 heteroatoms. The van der Waals surface area contributed by atoms with Gasteiger partial charge in [-0.05, 0) is 38.0 Å². The predicted molar refractivity (Wildman–Crippen MR) is 122 cm³/mol. The van der Waals surface area contributed by atoms with Gasteiger partial charge in [-0.25, -0.2) is 0 Å². The summed E-state index contributed by atoms with van der Waals surface area (Å²) < 4.78 is 7.70. The number of nitrogens with one attached hydrogen (secondary N) is 2. The summed E-state index contributed by atoms with van der Waals surface area (Å²) in [7, 11) is 0. The molecule has 33 heavy (non-hydrogen) atoms. The highest BCUT2D eigenvalue weighted by Crippen LogP contribution is 2.22. The van der Waals surface area contributed by atoms with Crippen LogP contribution in [-0.4, -0.2) is 65.2 Å². The molecular formula is C24H31N5O4. The zero-order valence-corrected chi connectivity index (χ0v) is 19.0. The highest BCUT2D eigenvalue weighted by atomic mass is 16.5. The molecule has 0 spiro atoms. The van der Waals surface area contributed by atoms with Crippen molar-refractivity contribution in [3.63, 3.8) is 0 Å². The van der Waals surface area contributed by atoms with E-state index in [9.17, 15) is 14.4 Å². The summed E-state index contributed by atoms with van der Waals surface area (Å²) in [5.41, 5.74) is 2.47. The van der Waals surface area contributed by atoms with E-state index in [-0.39, 0.29) is 30.2 Å². The van der Waals surface area contributed by atoms with Crippen LogP contribution in [0.1, 0.15) is 40.9 Å². The monoisotopic (exact) mass is 453 g/mol. The number of hydrogen-bond acceptors (Lipinski definition) is 5. The second kappa shape index (κ2) is 10.5. The van der Waals surface area contributed by atoms with Crippen molar-refractivity contribution in [2.24, 2.45) is 5.92 Å². The van der Waals surface area contributed by atoms with Crippen LogP contribution in [0.4, 0.5) is 0 Å².